The molecular weight excluding hydrogens is 320 g/mol. The highest BCUT2D eigenvalue weighted by Gasteiger charge is 2.16. The van der Waals surface area contributed by atoms with Gasteiger partial charge in [0.15, 0.2) is 0 Å². The van der Waals surface area contributed by atoms with E-state index in [1.54, 1.807) is 11.3 Å². The van der Waals surface area contributed by atoms with Crippen molar-refractivity contribution >= 4 is 11.3 Å². The van der Waals surface area contributed by atoms with E-state index in [9.17, 15) is 5.11 Å². The Labute approximate surface area is 148 Å². The number of thiophene rings is 1. The predicted molar refractivity (Wildman–Crippen MR) is 98.3 cm³/mol. The molecule has 24 heavy (non-hydrogen) atoms. The molecule has 1 atom stereocenters. The minimum atomic E-state index is -0.450. The van der Waals surface area contributed by atoms with Crippen LogP contribution in [-0.4, -0.2) is 60.8 Å². The number of hydrogen-bond acceptors (Lipinski definition) is 5. The largest absolute Gasteiger partial charge is 0.387 e. The third kappa shape index (κ3) is 5.40. The summed E-state index contributed by atoms with van der Waals surface area (Å²) in [6, 6.07) is 12.1. The van der Waals surface area contributed by atoms with Crippen molar-refractivity contribution in [2.24, 2.45) is 0 Å². The standard InChI is InChI=1S/C19H26N2O2S/c22-19(18-4-2-1-3-5-18)15-21(14-17-6-13-24-16-17)8-7-20-9-11-23-12-10-20/h1-6,13,16,19,22H,7-12,14-15H2. The van der Waals surface area contributed by atoms with Crippen LogP contribution in [0.3, 0.4) is 0 Å². The van der Waals surface area contributed by atoms with Gasteiger partial charge in [0.2, 0.25) is 0 Å². The number of nitrogens with zero attached hydrogens (tertiary/aromatic N) is 2. The second-order valence-corrected chi connectivity index (χ2v) is 7.03. The van der Waals surface area contributed by atoms with Crippen molar-refractivity contribution in [1.82, 2.24) is 9.80 Å². The summed E-state index contributed by atoms with van der Waals surface area (Å²) in [5, 5.41) is 14.9. The first kappa shape index (κ1) is 17.6. The highest BCUT2D eigenvalue weighted by molar-refractivity contribution is 7.07. The molecule has 2 aromatic rings. The molecule has 2 heterocycles. The van der Waals surface area contributed by atoms with Crippen molar-refractivity contribution in [3.63, 3.8) is 0 Å². The first-order valence-corrected chi connectivity index (χ1v) is 9.52. The number of ether oxygens (including phenoxy) is 1. The molecule has 0 radical (unpaired) electrons. The van der Waals surface area contributed by atoms with E-state index in [0.717, 1.165) is 51.5 Å². The zero-order valence-corrected chi connectivity index (χ0v) is 14.8. The molecule has 0 amide bonds. The Morgan fingerprint density at radius 2 is 1.96 bits per heavy atom. The lowest BCUT2D eigenvalue weighted by Gasteiger charge is -2.31. The van der Waals surface area contributed by atoms with Crippen LogP contribution in [0, 0.1) is 0 Å². The average molecular weight is 346 g/mol. The van der Waals surface area contributed by atoms with Crippen LogP contribution in [0.25, 0.3) is 0 Å². The highest BCUT2D eigenvalue weighted by Crippen LogP contribution is 2.16. The van der Waals surface area contributed by atoms with Crippen LogP contribution in [0.2, 0.25) is 0 Å². The van der Waals surface area contributed by atoms with Gasteiger partial charge >= 0.3 is 0 Å². The van der Waals surface area contributed by atoms with Gasteiger partial charge in [0.1, 0.15) is 0 Å². The first-order valence-electron chi connectivity index (χ1n) is 8.58. The Morgan fingerprint density at radius 3 is 2.67 bits per heavy atom. The van der Waals surface area contributed by atoms with E-state index in [1.807, 2.05) is 30.3 Å². The molecule has 0 saturated carbocycles. The van der Waals surface area contributed by atoms with Gasteiger partial charge in [-0.3, -0.25) is 9.80 Å². The maximum absolute atomic E-state index is 10.6. The third-order valence-corrected chi connectivity index (χ3v) is 5.17. The van der Waals surface area contributed by atoms with E-state index < -0.39 is 6.10 Å². The lowest BCUT2D eigenvalue weighted by molar-refractivity contribution is 0.0291. The number of aliphatic hydroxyl groups is 1. The Morgan fingerprint density at radius 1 is 1.17 bits per heavy atom. The summed E-state index contributed by atoms with van der Waals surface area (Å²) in [6.07, 6.45) is -0.450. The molecule has 1 fully saturated rings. The molecule has 1 aromatic carbocycles. The van der Waals surface area contributed by atoms with Crippen LogP contribution < -0.4 is 0 Å². The number of benzene rings is 1. The molecule has 0 aliphatic carbocycles. The fourth-order valence-electron chi connectivity index (χ4n) is 3.01. The SMILES string of the molecule is OC(CN(CCN1CCOCC1)Cc1ccsc1)c1ccccc1. The first-order chi connectivity index (χ1) is 11.8. The Balaban J connectivity index is 1.58. The number of aliphatic hydroxyl groups excluding tert-OH is 1. The minimum Gasteiger partial charge on any atom is -0.387 e. The third-order valence-electron chi connectivity index (χ3n) is 4.44. The van der Waals surface area contributed by atoms with Gasteiger partial charge in [-0.15, -0.1) is 0 Å². The van der Waals surface area contributed by atoms with E-state index in [4.69, 9.17) is 4.74 Å². The quantitative estimate of drug-likeness (QED) is 0.797. The molecule has 1 unspecified atom stereocenters. The summed E-state index contributed by atoms with van der Waals surface area (Å²) in [5.41, 5.74) is 2.31. The van der Waals surface area contributed by atoms with Crippen molar-refractivity contribution in [3.05, 3.63) is 58.3 Å². The molecule has 0 bridgehead atoms. The maximum Gasteiger partial charge on any atom is 0.0917 e. The number of hydrogen-bond donors (Lipinski definition) is 1. The molecule has 1 aromatic heterocycles. The van der Waals surface area contributed by atoms with Gasteiger partial charge in [0.05, 0.1) is 19.3 Å². The average Bonchev–Trinajstić information content (AvgIpc) is 3.14. The number of morpholine rings is 1. The maximum atomic E-state index is 10.6. The van der Waals surface area contributed by atoms with Gasteiger partial charge in [-0.1, -0.05) is 30.3 Å². The van der Waals surface area contributed by atoms with Crippen molar-refractivity contribution < 1.29 is 9.84 Å². The van der Waals surface area contributed by atoms with E-state index >= 15 is 0 Å². The van der Waals surface area contributed by atoms with Crippen molar-refractivity contribution in [2.45, 2.75) is 12.6 Å². The van der Waals surface area contributed by atoms with Gasteiger partial charge in [-0.2, -0.15) is 11.3 Å². The van der Waals surface area contributed by atoms with Crippen LogP contribution in [0.4, 0.5) is 0 Å². The van der Waals surface area contributed by atoms with E-state index in [1.165, 1.54) is 5.56 Å². The van der Waals surface area contributed by atoms with Gasteiger partial charge in [-0.05, 0) is 28.0 Å². The molecule has 5 heteroatoms. The van der Waals surface area contributed by atoms with Gasteiger partial charge in [-0.25, -0.2) is 0 Å². The molecule has 0 spiro atoms. The van der Waals surface area contributed by atoms with Crippen LogP contribution in [0.5, 0.6) is 0 Å². The summed E-state index contributed by atoms with van der Waals surface area (Å²) in [4.78, 5) is 4.80. The lowest BCUT2D eigenvalue weighted by atomic mass is 10.1. The normalized spacial score (nSPS) is 17.2. The lowest BCUT2D eigenvalue weighted by Crippen LogP contribution is -2.42. The van der Waals surface area contributed by atoms with Gasteiger partial charge in [0, 0.05) is 39.3 Å². The molecule has 1 N–H and O–H groups in total. The fraction of sp³-hybridized carbons (Fsp3) is 0.474. The second kappa shape index (κ2) is 9.30. The summed E-state index contributed by atoms with van der Waals surface area (Å²) in [7, 11) is 0. The minimum absolute atomic E-state index is 0.450. The molecule has 130 valence electrons. The Kier molecular flexibility index (Phi) is 6.81. The Hall–Kier alpha value is -1.24. The van der Waals surface area contributed by atoms with Gasteiger partial charge in [0.25, 0.3) is 0 Å². The molecular formula is C19H26N2O2S. The van der Waals surface area contributed by atoms with Crippen LogP contribution in [0.15, 0.2) is 47.2 Å². The van der Waals surface area contributed by atoms with Crippen molar-refractivity contribution in [2.75, 3.05) is 45.9 Å². The van der Waals surface area contributed by atoms with Crippen molar-refractivity contribution in [1.29, 1.82) is 0 Å². The van der Waals surface area contributed by atoms with Crippen LogP contribution >= 0.6 is 11.3 Å². The predicted octanol–water partition coefficient (Wildman–Crippen LogP) is 2.62. The summed E-state index contributed by atoms with van der Waals surface area (Å²) in [6.45, 7) is 7.20. The fourth-order valence-corrected chi connectivity index (χ4v) is 3.67. The summed E-state index contributed by atoms with van der Waals surface area (Å²) < 4.78 is 5.42. The van der Waals surface area contributed by atoms with Gasteiger partial charge < -0.3 is 9.84 Å². The second-order valence-electron chi connectivity index (χ2n) is 6.25. The topological polar surface area (TPSA) is 35.9 Å². The number of rotatable bonds is 8. The smallest absolute Gasteiger partial charge is 0.0917 e. The Bertz CT molecular complexity index is 570. The highest BCUT2D eigenvalue weighted by atomic mass is 32.1. The monoisotopic (exact) mass is 346 g/mol. The van der Waals surface area contributed by atoms with E-state index in [0.29, 0.717) is 6.54 Å². The summed E-state index contributed by atoms with van der Waals surface area (Å²) >= 11 is 1.73. The summed E-state index contributed by atoms with van der Waals surface area (Å²) in [5.74, 6) is 0. The molecule has 1 aliphatic heterocycles. The van der Waals surface area contributed by atoms with Crippen LogP contribution in [0.1, 0.15) is 17.2 Å². The van der Waals surface area contributed by atoms with E-state index in [-0.39, 0.29) is 0 Å². The molecule has 4 nitrogen and oxygen atoms in total. The molecule has 1 aliphatic rings. The van der Waals surface area contributed by atoms with Crippen LogP contribution in [-0.2, 0) is 11.3 Å². The zero-order valence-electron chi connectivity index (χ0n) is 14.0. The molecule has 3 rings (SSSR count). The van der Waals surface area contributed by atoms with Crippen molar-refractivity contribution in [3.8, 4) is 0 Å². The molecule has 1 saturated heterocycles. The zero-order chi connectivity index (χ0) is 16.6. The van der Waals surface area contributed by atoms with E-state index in [2.05, 4.69) is 26.6 Å².